The van der Waals surface area contributed by atoms with Gasteiger partial charge in [-0.15, -0.1) is 0 Å². The SMILES string of the molecule is CC(C/N=N/C(C)(C)C)OC(=O)SC(C)C/N=N/C(C)(C)C. The van der Waals surface area contributed by atoms with Gasteiger partial charge in [0.1, 0.15) is 6.10 Å². The van der Waals surface area contributed by atoms with Crippen molar-refractivity contribution in [2.75, 3.05) is 13.1 Å². The number of hydrogen-bond donors (Lipinski definition) is 0. The van der Waals surface area contributed by atoms with Crippen LogP contribution in [-0.4, -0.2) is 40.8 Å². The predicted molar refractivity (Wildman–Crippen MR) is 91.9 cm³/mol. The van der Waals surface area contributed by atoms with E-state index in [1.54, 1.807) is 0 Å². The van der Waals surface area contributed by atoms with Crippen molar-refractivity contribution in [2.24, 2.45) is 20.5 Å². The molecular formula is C15H30N4O2S. The molecule has 0 saturated heterocycles. The number of carbonyl (C=O) groups excluding carboxylic acids is 1. The van der Waals surface area contributed by atoms with E-state index in [-0.39, 0.29) is 27.7 Å². The lowest BCUT2D eigenvalue weighted by Gasteiger charge is -2.14. The highest BCUT2D eigenvalue weighted by molar-refractivity contribution is 8.13. The molecule has 0 radical (unpaired) electrons. The van der Waals surface area contributed by atoms with Gasteiger partial charge < -0.3 is 4.74 Å². The van der Waals surface area contributed by atoms with Crippen LogP contribution in [0, 0.1) is 0 Å². The molecule has 0 aromatic heterocycles. The summed E-state index contributed by atoms with van der Waals surface area (Å²) in [7, 11) is 0. The fourth-order valence-corrected chi connectivity index (χ4v) is 1.86. The van der Waals surface area contributed by atoms with E-state index in [1.807, 2.05) is 55.4 Å². The smallest absolute Gasteiger partial charge is 0.367 e. The molecule has 0 bridgehead atoms. The maximum absolute atomic E-state index is 11.8. The molecular weight excluding hydrogens is 300 g/mol. The fraction of sp³-hybridized carbons (Fsp3) is 0.933. The van der Waals surface area contributed by atoms with Gasteiger partial charge in [0.15, 0.2) is 0 Å². The lowest BCUT2D eigenvalue weighted by atomic mass is 10.1. The Kier molecular flexibility index (Phi) is 8.81. The molecule has 6 nitrogen and oxygen atoms in total. The minimum absolute atomic E-state index is 0.0296. The van der Waals surface area contributed by atoms with Crippen LogP contribution in [0.5, 0.6) is 0 Å². The fourth-order valence-electron chi connectivity index (χ4n) is 1.17. The second-order valence-corrected chi connectivity index (χ2v) is 8.67. The maximum atomic E-state index is 11.8. The molecule has 0 aromatic rings. The monoisotopic (exact) mass is 330 g/mol. The molecule has 0 aliphatic carbocycles. The van der Waals surface area contributed by atoms with Gasteiger partial charge in [0.25, 0.3) is 0 Å². The number of nitrogens with zero attached hydrogens (tertiary/aromatic N) is 4. The number of rotatable bonds is 6. The summed E-state index contributed by atoms with van der Waals surface area (Å²) in [5.74, 6) is 0. The van der Waals surface area contributed by atoms with Crippen molar-refractivity contribution in [3.63, 3.8) is 0 Å². The molecule has 7 heteroatoms. The summed E-state index contributed by atoms with van der Waals surface area (Å²) >= 11 is 1.13. The van der Waals surface area contributed by atoms with Gasteiger partial charge in [-0.3, -0.25) is 0 Å². The van der Waals surface area contributed by atoms with E-state index in [0.717, 1.165) is 11.8 Å². The molecule has 0 aliphatic rings. The van der Waals surface area contributed by atoms with Gasteiger partial charge in [-0.1, -0.05) is 6.92 Å². The highest BCUT2D eigenvalue weighted by Gasteiger charge is 2.15. The molecule has 0 amide bonds. The molecule has 0 heterocycles. The molecule has 0 rings (SSSR count). The summed E-state index contributed by atoms with van der Waals surface area (Å²) in [6.07, 6.45) is -0.283. The molecule has 128 valence electrons. The third kappa shape index (κ3) is 14.0. The molecule has 22 heavy (non-hydrogen) atoms. The standard InChI is InChI=1S/C15H30N4O2S/c1-11(9-16-18-14(3,4)5)21-13(20)22-12(2)10-17-19-15(6,7)8/h11-12H,9-10H2,1-8H3/b18-16+,19-17+. The molecule has 2 atom stereocenters. The van der Waals surface area contributed by atoms with Gasteiger partial charge in [-0.2, -0.15) is 20.5 Å². The largest absolute Gasteiger partial charge is 0.453 e. The number of azo groups is 2. The summed E-state index contributed by atoms with van der Waals surface area (Å²) in [5, 5.41) is 16.2. The molecule has 0 fully saturated rings. The van der Waals surface area contributed by atoms with Gasteiger partial charge in [0.05, 0.1) is 24.2 Å². The zero-order valence-electron chi connectivity index (χ0n) is 15.1. The number of thioether (sulfide) groups is 1. The van der Waals surface area contributed by atoms with E-state index in [4.69, 9.17) is 4.74 Å². The summed E-state index contributed by atoms with van der Waals surface area (Å²) in [6.45, 7) is 16.5. The van der Waals surface area contributed by atoms with E-state index in [0.29, 0.717) is 13.1 Å². The molecule has 0 aromatic carbocycles. The zero-order valence-corrected chi connectivity index (χ0v) is 15.9. The van der Waals surface area contributed by atoms with Crippen molar-refractivity contribution < 1.29 is 9.53 Å². The molecule has 0 saturated carbocycles. The zero-order chi connectivity index (χ0) is 17.4. The normalized spacial score (nSPS) is 16.2. The van der Waals surface area contributed by atoms with Gasteiger partial charge in [0.2, 0.25) is 0 Å². The molecule has 0 aliphatic heterocycles. The van der Waals surface area contributed by atoms with Gasteiger partial charge in [0, 0.05) is 5.25 Å². The first-order valence-corrected chi connectivity index (χ1v) is 8.41. The average molecular weight is 330 g/mol. The summed E-state index contributed by atoms with van der Waals surface area (Å²) in [5.41, 5.74) is -0.386. The predicted octanol–water partition coefficient (Wildman–Crippen LogP) is 5.13. The van der Waals surface area contributed by atoms with Crippen LogP contribution < -0.4 is 0 Å². The second-order valence-electron chi connectivity index (χ2n) is 7.30. The first-order valence-electron chi connectivity index (χ1n) is 7.53. The first-order chi connectivity index (χ1) is 9.89. The Morgan fingerprint density at radius 1 is 0.955 bits per heavy atom. The van der Waals surface area contributed by atoms with Crippen molar-refractivity contribution in [3.8, 4) is 0 Å². The Bertz CT molecular complexity index is 361. The number of ether oxygens (including phenoxy) is 1. The Morgan fingerprint density at radius 2 is 1.41 bits per heavy atom. The first kappa shape index (κ1) is 21.0. The van der Waals surface area contributed by atoms with Crippen molar-refractivity contribution >= 4 is 17.1 Å². The topological polar surface area (TPSA) is 75.7 Å². The highest BCUT2D eigenvalue weighted by Crippen LogP contribution is 2.17. The minimum Gasteiger partial charge on any atom is -0.453 e. The van der Waals surface area contributed by atoms with Crippen molar-refractivity contribution in [1.82, 2.24) is 0 Å². The van der Waals surface area contributed by atoms with Gasteiger partial charge in [-0.05, 0) is 60.2 Å². The van der Waals surface area contributed by atoms with Crippen LogP contribution in [0.1, 0.15) is 55.4 Å². The number of carbonyl (C=O) groups is 1. The third-order valence-corrected chi connectivity index (χ3v) is 2.85. The Hall–Kier alpha value is -0.980. The van der Waals surface area contributed by atoms with E-state index in [1.165, 1.54) is 0 Å². The van der Waals surface area contributed by atoms with E-state index in [2.05, 4.69) is 20.5 Å². The van der Waals surface area contributed by atoms with Crippen LogP contribution in [0.15, 0.2) is 20.5 Å². The summed E-state index contributed by atoms with van der Waals surface area (Å²) in [6, 6.07) is 0. The molecule has 2 unspecified atom stereocenters. The van der Waals surface area contributed by atoms with Crippen LogP contribution >= 0.6 is 11.8 Å². The van der Waals surface area contributed by atoms with Crippen molar-refractivity contribution in [1.29, 1.82) is 0 Å². The van der Waals surface area contributed by atoms with E-state index >= 15 is 0 Å². The van der Waals surface area contributed by atoms with Crippen LogP contribution in [0.2, 0.25) is 0 Å². The Balaban J connectivity index is 4.07. The van der Waals surface area contributed by atoms with Crippen molar-refractivity contribution in [2.45, 2.75) is 77.8 Å². The van der Waals surface area contributed by atoms with Crippen molar-refractivity contribution in [3.05, 3.63) is 0 Å². The third-order valence-electron chi connectivity index (χ3n) is 2.01. The van der Waals surface area contributed by atoms with E-state index in [9.17, 15) is 4.79 Å². The highest BCUT2D eigenvalue weighted by atomic mass is 32.2. The van der Waals surface area contributed by atoms with Crippen LogP contribution in [0.3, 0.4) is 0 Å². The van der Waals surface area contributed by atoms with Gasteiger partial charge in [-0.25, -0.2) is 4.79 Å². The minimum atomic E-state index is -0.308. The number of hydrogen-bond acceptors (Lipinski definition) is 7. The van der Waals surface area contributed by atoms with Crippen LogP contribution in [-0.2, 0) is 4.74 Å². The average Bonchev–Trinajstić information content (AvgIpc) is 2.24. The lowest BCUT2D eigenvalue weighted by molar-refractivity contribution is 0.136. The van der Waals surface area contributed by atoms with Gasteiger partial charge >= 0.3 is 5.30 Å². The molecule has 0 N–H and O–H groups in total. The summed E-state index contributed by atoms with van der Waals surface area (Å²) < 4.78 is 5.28. The van der Waals surface area contributed by atoms with E-state index < -0.39 is 0 Å². The molecule has 0 spiro atoms. The summed E-state index contributed by atoms with van der Waals surface area (Å²) in [4.78, 5) is 11.8. The van der Waals surface area contributed by atoms with Crippen LogP contribution in [0.25, 0.3) is 0 Å². The Labute approximate surface area is 138 Å². The lowest BCUT2D eigenvalue weighted by Crippen LogP contribution is -2.18. The quantitative estimate of drug-likeness (QED) is 0.500. The maximum Gasteiger partial charge on any atom is 0.367 e. The van der Waals surface area contributed by atoms with Crippen LogP contribution in [0.4, 0.5) is 4.79 Å². The second kappa shape index (κ2) is 9.22. The Morgan fingerprint density at radius 3 is 1.86 bits per heavy atom.